The van der Waals surface area contributed by atoms with Crippen molar-refractivity contribution in [1.82, 2.24) is 5.32 Å². The summed E-state index contributed by atoms with van der Waals surface area (Å²) in [5.41, 5.74) is 0.175. The second kappa shape index (κ2) is 8.36. The van der Waals surface area contributed by atoms with Crippen molar-refractivity contribution in [3.8, 4) is 0 Å². The number of nitrogens with zero attached hydrogens (tertiary/aromatic N) is 1. The fourth-order valence-corrected chi connectivity index (χ4v) is 2.64. The lowest BCUT2D eigenvalue weighted by molar-refractivity contribution is -0.384. The number of nitro groups is 1. The van der Waals surface area contributed by atoms with Crippen LogP contribution in [-0.2, 0) is 6.54 Å². The van der Waals surface area contributed by atoms with Crippen LogP contribution >= 0.6 is 11.6 Å². The molecule has 2 N–H and O–H groups in total. The quantitative estimate of drug-likeness (QED) is 0.479. The number of carbonyl (C=O) groups excluding carboxylic acids is 2. The van der Waals surface area contributed by atoms with Crippen LogP contribution in [0, 0.1) is 10.1 Å². The first-order chi connectivity index (χ1) is 13.5. The molecule has 0 fully saturated rings. The molecule has 1 heterocycles. The number of amides is 2. The van der Waals surface area contributed by atoms with Crippen LogP contribution in [0.1, 0.15) is 26.5 Å². The Balaban J connectivity index is 1.77. The van der Waals surface area contributed by atoms with E-state index in [1.807, 2.05) is 0 Å². The highest BCUT2D eigenvalue weighted by atomic mass is 35.5. The number of nitrogens with one attached hydrogen (secondary N) is 2. The number of rotatable bonds is 6. The maximum absolute atomic E-state index is 12.5. The maximum atomic E-state index is 12.5. The zero-order valence-corrected chi connectivity index (χ0v) is 15.1. The summed E-state index contributed by atoms with van der Waals surface area (Å²) in [7, 11) is 0. The van der Waals surface area contributed by atoms with E-state index >= 15 is 0 Å². The van der Waals surface area contributed by atoms with Gasteiger partial charge in [0, 0.05) is 11.6 Å². The topological polar surface area (TPSA) is 114 Å². The van der Waals surface area contributed by atoms with Gasteiger partial charge in [-0.3, -0.25) is 19.7 Å². The molecule has 0 spiro atoms. The van der Waals surface area contributed by atoms with Gasteiger partial charge in [0.1, 0.15) is 10.8 Å². The largest absolute Gasteiger partial charge is 0.467 e. The van der Waals surface area contributed by atoms with Gasteiger partial charge >= 0.3 is 0 Å². The van der Waals surface area contributed by atoms with Gasteiger partial charge in [-0.2, -0.15) is 0 Å². The minimum atomic E-state index is -0.671. The molecule has 0 aliphatic carbocycles. The average molecular weight is 400 g/mol. The lowest BCUT2D eigenvalue weighted by Crippen LogP contribution is -2.24. The van der Waals surface area contributed by atoms with Crippen molar-refractivity contribution in [2.45, 2.75) is 6.54 Å². The van der Waals surface area contributed by atoms with Gasteiger partial charge in [0.05, 0.1) is 29.0 Å². The summed E-state index contributed by atoms with van der Waals surface area (Å²) in [6, 6.07) is 13.6. The molecule has 0 aliphatic heterocycles. The molecule has 0 atom stereocenters. The summed E-state index contributed by atoms with van der Waals surface area (Å²) in [5.74, 6) is -0.427. The van der Waals surface area contributed by atoms with Crippen molar-refractivity contribution in [3.63, 3.8) is 0 Å². The zero-order chi connectivity index (χ0) is 20.1. The fraction of sp³-hybridized carbons (Fsp3) is 0.0526. The van der Waals surface area contributed by atoms with Crippen molar-refractivity contribution in [1.29, 1.82) is 0 Å². The number of halogens is 1. The summed E-state index contributed by atoms with van der Waals surface area (Å²) in [4.78, 5) is 35.3. The van der Waals surface area contributed by atoms with E-state index in [1.165, 1.54) is 18.4 Å². The lowest BCUT2D eigenvalue weighted by Gasteiger charge is -2.11. The number of benzene rings is 2. The van der Waals surface area contributed by atoms with Crippen LogP contribution in [0.5, 0.6) is 0 Å². The molecule has 2 aromatic carbocycles. The Kier molecular flexibility index (Phi) is 5.71. The van der Waals surface area contributed by atoms with Crippen molar-refractivity contribution >= 4 is 34.8 Å². The molecule has 0 radical (unpaired) electrons. The van der Waals surface area contributed by atoms with E-state index in [4.69, 9.17) is 16.0 Å². The lowest BCUT2D eigenvalue weighted by atomic mass is 10.1. The number of carbonyl (C=O) groups is 2. The monoisotopic (exact) mass is 399 g/mol. The third-order valence-corrected chi connectivity index (χ3v) is 4.15. The molecule has 3 aromatic rings. The third kappa shape index (κ3) is 4.36. The fourth-order valence-electron chi connectivity index (χ4n) is 2.45. The Morgan fingerprint density at radius 3 is 2.57 bits per heavy atom. The van der Waals surface area contributed by atoms with Gasteiger partial charge in [0.25, 0.3) is 17.5 Å². The first-order valence-electron chi connectivity index (χ1n) is 8.10. The van der Waals surface area contributed by atoms with Crippen LogP contribution in [0.25, 0.3) is 0 Å². The standard InChI is InChI=1S/C19H14ClN3O5/c20-15-8-7-12(10-17(15)23(26)27)18(24)22-16-6-2-1-5-14(16)19(25)21-11-13-4-3-9-28-13/h1-10H,11H2,(H,21,25)(H,22,24). The predicted molar refractivity (Wildman–Crippen MR) is 102 cm³/mol. The Hall–Kier alpha value is -3.65. The van der Waals surface area contributed by atoms with E-state index in [-0.39, 0.29) is 34.1 Å². The molecule has 0 bridgehead atoms. The second-order valence-electron chi connectivity index (χ2n) is 5.69. The number of nitro benzene ring substituents is 1. The van der Waals surface area contributed by atoms with Gasteiger partial charge in [-0.25, -0.2) is 0 Å². The van der Waals surface area contributed by atoms with E-state index in [0.29, 0.717) is 5.76 Å². The Morgan fingerprint density at radius 1 is 1.07 bits per heavy atom. The molecule has 3 rings (SSSR count). The smallest absolute Gasteiger partial charge is 0.288 e. The minimum Gasteiger partial charge on any atom is -0.467 e. The van der Waals surface area contributed by atoms with Crippen LogP contribution in [0.15, 0.2) is 65.3 Å². The third-order valence-electron chi connectivity index (χ3n) is 3.83. The molecule has 0 aliphatic rings. The maximum Gasteiger partial charge on any atom is 0.288 e. The molecular weight excluding hydrogens is 386 g/mol. The van der Waals surface area contributed by atoms with Crippen LogP contribution in [0.2, 0.25) is 5.02 Å². The molecular formula is C19H14ClN3O5. The van der Waals surface area contributed by atoms with Gasteiger partial charge in [0.2, 0.25) is 0 Å². The molecule has 142 valence electrons. The van der Waals surface area contributed by atoms with Crippen LogP contribution in [0.4, 0.5) is 11.4 Å². The Labute approximate surface area is 164 Å². The molecule has 0 unspecified atom stereocenters. The van der Waals surface area contributed by atoms with E-state index in [0.717, 1.165) is 6.07 Å². The van der Waals surface area contributed by atoms with Gasteiger partial charge in [-0.05, 0) is 36.4 Å². The Bertz CT molecular complexity index is 1030. The molecule has 9 heteroatoms. The normalized spacial score (nSPS) is 10.3. The summed E-state index contributed by atoms with van der Waals surface area (Å²) in [6.45, 7) is 0.192. The van der Waals surface area contributed by atoms with E-state index in [1.54, 1.807) is 36.4 Å². The van der Waals surface area contributed by atoms with Crippen LogP contribution in [0.3, 0.4) is 0 Å². The summed E-state index contributed by atoms with van der Waals surface area (Å²) in [6.07, 6.45) is 1.50. The van der Waals surface area contributed by atoms with Crippen LogP contribution in [-0.4, -0.2) is 16.7 Å². The van der Waals surface area contributed by atoms with Gasteiger partial charge in [-0.15, -0.1) is 0 Å². The zero-order valence-electron chi connectivity index (χ0n) is 14.3. The first-order valence-corrected chi connectivity index (χ1v) is 8.48. The van der Waals surface area contributed by atoms with E-state index in [9.17, 15) is 19.7 Å². The second-order valence-corrected chi connectivity index (χ2v) is 6.09. The molecule has 1 aromatic heterocycles. The van der Waals surface area contributed by atoms with Crippen molar-refractivity contribution in [2.24, 2.45) is 0 Å². The Morgan fingerprint density at radius 2 is 1.86 bits per heavy atom. The SMILES string of the molecule is O=C(Nc1ccccc1C(=O)NCc1ccco1)c1ccc(Cl)c([N+](=O)[O-])c1. The highest BCUT2D eigenvalue weighted by Crippen LogP contribution is 2.26. The van der Waals surface area contributed by atoms with E-state index in [2.05, 4.69) is 10.6 Å². The number of hydrogen-bond donors (Lipinski definition) is 2. The van der Waals surface area contributed by atoms with Crippen LogP contribution < -0.4 is 10.6 Å². The van der Waals surface area contributed by atoms with E-state index < -0.39 is 16.7 Å². The molecule has 0 saturated carbocycles. The first kappa shape index (κ1) is 19.1. The summed E-state index contributed by atoms with van der Waals surface area (Å²) < 4.78 is 5.16. The number of para-hydroxylation sites is 1. The summed E-state index contributed by atoms with van der Waals surface area (Å²) in [5, 5.41) is 16.2. The van der Waals surface area contributed by atoms with Gasteiger partial charge < -0.3 is 15.1 Å². The molecule has 28 heavy (non-hydrogen) atoms. The van der Waals surface area contributed by atoms with Gasteiger partial charge in [-0.1, -0.05) is 23.7 Å². The summed E-state index contributed by atoms with van der Waals surface area (Å²) >= 11 is 5.77. The van der Waals surface area contributed by atoms with Crippen molar-refractivity contribution < 1.29 is 18.9 Å². The molecule has 2 amide bonds. The molecule has 0 saturated heterocycles. The minimum absolute atomic E-state index is 0.0434. The average Bonchev–Trinajstić information content (AvgIpc) is 3.20. The van der Waals surface area contributed by atoms with Gasteiger partial charge in [0.15, 0.2) is 0 Å². The number of furan rings is 1. The van der Waals surface area contributed by atoms with Crippen molar-refractivity contribution in [3.05, 3.63) is 92.9 Å². The number of hydrogen-bond acceptors (Lipinski definition) is 5. The molecule has 8 nitrogen and oxygen atoms in total. The van der Waals surface area contributed by atoms with Crippen molar-refractivity contribution in [2.75, 3.05) is 5.32 Å². The predicted octanol–water partition coefficient (Wildman–Crippen LogP) is 4.02. The highest BCUT2D eigenvalue weighted by molar-refractivity contribution is 6.32. The highest BCUT2D eigenvalue weighted by Gasteiger charge is 2.18. The number of anilines is 1.